The molecule has 0 aliphatic heterocycles. The summed E-state index contributed by atoms with van der Waals surface area (Å²) in [6.07, 6.45) is 1.58. The Morgan fingerprint density at radius 1 is 1.45 bits per heavy atom. The van der Waals surface area contributed by atoms with Crippen molar-refractivity contribution in [2.45, 2.75) is 13.0 Å². The van der Waals surface area contributed by atoms with Crippen LogP contribution in [0.1, 0.15) is 12.5 Å². The molecule has 0 saturated carbocycles. The molecule has 106 valence electrons. The second-order valence-corrected chi connectivity index (χ2v) is 4.67. The Hall–Kier alpha value is -2.34. The van der Waals surface area contributed by atoms with Crippen molar-refractivity contribution in [1.29, 1.82) is 0 Å². The molecular formula is C14H18N4O2. The summed E-state index contributed by atoms with van der Waals surface area (Å²) in [5.41, 5.74) is 7.87. The Morgan fingerprint density at radius 2 is 2.15 bits per heavy atom. The third-order valence-corrected chi connectivity index (χ3v) is 3.41. The molecular weight excluding hydrogens is 256 g/mol. The summed E-state index contributed by atoms with van der Waals surface area (Å²) in [6.45, 7) is 1.90. The first-order valence-electron chi connectivity index (χ1n) is 6.29. The SMILES string of the molecule is CC(CO)N(C)c1c(/C(N)=N/O)cnc2ccccc12. The zero-order valence-corrected chi connectivity index (χ0v) is 11.5. The monoisotopic (exact) mass is 274 g/mol. The van der Waals surface area contributed by atoms with Crippen molar-refractivity contribution in [3.8, 4) is 0 Å². The Morgan fingerprint density at radius 3 is 2.80 bits per heavy atom. The maximum atomic E-state index is 9.36. The lowest BCUT2D eigenvalue weighted by Gasteiger charge is -2.28. The molecule has 0 fully saturated rings. The lowest BCUT2D eigenvalue weighted by atomic mass is 10.1. The number of aliphatic hydroxyl groups excluding tert-OH is 1. The van der Waals surface area contributed by atoms with E-state index in [4.69, 9.17) is 10.9 Å². The number of benzene rings is 1. The van der Waals surface area contributed by atoms with Crippen LogP contribution in [0.15, 0.2) is 35.6 Å². The van der Waals surface area contributed by atoms with E-state index in [9.17, 15) is 5.11 Å². The van der Waals surface area contributed by atoms with Crippen LogP contribution in [-0.2, 0) is 0 Å². The largest absolute Gasteiger partial charge is 0.409 e. The third-order valence-electron chi connectivity index (χ3n) is 3.41. The summed E-state index contributed by atoms with van der Waals surface area (Å²) in [5.74, 6) is -0.00440. The molecule has 0 saturated heterocycles. The Labute approximate surface area is 117 Å². The van der Waals surface area contributed by atoms with Crippen LogP contribution in [0, 0.1) is 0 Å². The highest BCUT2D eigenvalue weighted by Gasteiger charge is 2.19. The van der Waals surface area contributed by atoms with E-state index in [1.165, 1.54) is 0 Å². The van der Waals surface area contributed by atoms with Gasteiger partial charge in [0.1, 0.15) is 0 Å². The average Bonchev–Trinajstić information content (AvgIpc) is 2.51. The molecule has 0 aliphatic rings. The summed E-state index contributed by atoms with van der Waals surface area (Å²) in [4.78, 5) is 6.22. The summed E-state index contributed by atoms with van der Waals surface area (Å²) < 4.78 is 0. The fourth-order valence-corrected chi connectivity index (χ4v) is 2.09. The number of amidine groups is 1. The normalized spacial score (nSPS) is 13.4. The van der Waals surface area contributed by atoms with Gasteiger partial charge in [-0.25, -0.2) is 0 Å². The molecule has 0 spiro atoms. The molecule has 6 nitrogen and oxygen atoms in total. The van der Waals surface area contributed by atoms with Crippen LogP contribution >= 0.6 is 0 Å². The van der Waals surface area contributed by atoms with Crippen LogP contribution in [0.25, 0.3) is 10.9 Å². The lowest BCUT2D eigenvalue weighted by Crippen LogP contribution is -2.34. The molecule has 1 heterocycles. The van der Waals surface area contributed by atoms with Gasteiger partial charge in [-0.2, -0.15) is 0 Å². The van der Waals surface area contributed by atoms with Gasteiger partial charge in [0.2, 0.25) is 0 Å². The Kier molecular flexibility index (Phi) is 4.05. The number of nitrogens with two attached hydrogens (primary N) is 1. The number of aromatic nitrogens is 1. The van der Waals surface area contributed by atoms with E-state index in [0.29, 0.717) is 5.56 Å². The summed E-state index contributed by atoms with van der Waals surface area (Å²) in [6, 6.07) is 7.52. The van der Waals surface area contributed by atoms with E-state index in [0.717, 1.165) is 16.6 Å². The van der Waals surface area contributed by atoms with Crippen molar-refractivity contribution in [3.63, 3.8) is 0 Å². The van der Waals surface area contributed by atoms with Crippen molar-refractivity contribution >= 4 is 22.4 Å². The number of fused-ring (bicyclic) bond motifs is 1. The van der Waals surface area contributed by atoms with Crippen LogP contribution in [-0.4, -0.2) is 40.8 Å². The molecule has 4 N–H and O–H groups in total. The van der Waals surface area contributed by atoms with E-state index in [1.807, 2.05) is 43.1 Å². The highest BCUT2D eigenvalue weighted by molar-refractivity contribution is 6.08. The van der Waals surface area contributed by atoms with Crippen LogP contribution in [0.4, 0.5) is 5.69 Å². The number of pyridine rings is 1. The first-order valence-corrected chi connectivity index (χ1v) is 6.29. The minimum Gasteiger partial charge on any atom is -0.409 e. The Bertz CT molecular complexity index is 642. The first-order chi connectivity index (χ1) is 9.60. The highest BCUT2D eigenvalue weighted by atomic mass is 16.4. The molecule has 2 aromatic rings. The van der Waals surface area contributed by atoms with Gasteiger partial charge in [0.15, 0.2) is 5.84 Å². The fourth-order valence-electron chi connectivity index (χ4n) is 2.09. The number of hydrogen-bond donors (Lipinski definition) is 3. The van der Waals surface area contributed by atoms with E-state index >= 15 is 0 Å². The number of nitrogens with zero attached hydrogens (tertiary/aromatic N) is 3. The van der Waals surface area contributed by atoms with Crippen molar-refractivity contribution < 1.29 is 10.3 Å². The van der Waals surface area contributed by atoms with Gasteiger partial charge in [-0.05, 0) is 13.0 Å². The number of likely N-dealkylation sites (N-methyl/N-ethyl adjacent to an activating group) is 1. The molecule has 20 heavy (non-hydrogen) atoms. The number of hydrogen-bond acceptors (Lipinski definition) is 5. The molecule has 1 atom stereocenters. The molecule has 1 aromatic heterocycles. The molecule has 1 aromatic carbocycles. The number of para-hydroxylation sites is 1. The van der Waals surface area contributed by atoms with Gasteiger partial charge >= 0.3 is 0 Å². The first kappa shape index (κ1) is 14.1. The quantitative estimate of drug-likeness (QED) is 0.336. The Balaban J connectivity index is 2.74. The lowest BCUT2D eigenvalue weighted by molar-refractivity contribution is 0.270. The number of oxime groups is 1. The van der Waals surface area contributed by atoms with Crippen LogP contribution < -0.4 is 10.6 Å². The standard InChI is InChI=1S/C14H18N4O2/c1-9(8-19)18(2)13-10-5-3-4-6-12(10)16-7-11(13)14(15)17-20/h3-7,9,19-20H,8H2,1-2H3,(H2,15,17). The zero-order chi connectivity index (χ0) is 14.7. The summed E-state index contributed by atoms with van der Waals surface area (Å²) >= 11 is 0. The molecule has 6 heteroatoms. The number of anilines is 1. The van der Waals surface area contributed by atoms with Crippen LogP contribution in [0.3, 0.4) is 0 Å². The predicted octanol–water partition coefficient (Wildman–Crippen LogP) is 1.15. The van der Waals surface area contributed by atoms with E-state index in [-0.39, 0.29) is 18.5 Å². The highest BCUT2D eigenvalue weighted by Crippen LogP contribution is 2.29. The van der Waals surface area contributed by atoms with E-state index in [1.54, 1.807) is 6.20 Å². The maximum Gasteiger partial charge on any atom is 0.173 e. The second-order valence-electron chi connectivity index (χ2n) is 4.67. The van der Waals surface area contributed by atoms with Gasteiger partial charge in [-0.3, -0.25) is 4.98 Å². The van der Waals surface area contributed by atoms with Gasteiger partial charge in [-0.15, -0.1) is 0 Å². The van der Waals surface area contributed by atoms with Gasteiger partial charge in [0, 0.05) is 24.7 Å². The fraction of sp³-hybridized carbons (Fsp3) is 0.286. The molecule has 2 rings (SSSR count). The van der Waals surface area contributed by atoms with Crippen molar-refractivity contribution in [1.82, 2.24) is 4.98 Å². The number of aliphatic hydroxyl groups is 1. The van der Waals surface area contributed by atoms with Crippen molar-refractivity contribution in [2.75, 3.05) is 18.6 Å². The minimum atomic E-state index is -0.106. The average molecular weight is 274 g/mol. The summed E-state index contributed by atoms with van der Waals surface area (Å²) in [5, 5.41) is 22.2. The van der Waals surface area contributed by atoms with E-state index < -0.39 is 0 Å². The summed E-state index contributed by atoms with van der Waals surface area (Å²) in [7, 11) is 1.86. The molecule has 0 aliphatic carbocycles. The molecule has 0 radical (unpaired) electrons. The molecule has 0 bridgehead atoms. The van der Waals surface area contributed by atoms with Crippen molar-refractivity contribution in [2.24, 2.45) is 10.9 Å². The maximum absolute atomic E-state index is 9.36. The second kappa shape index (κ2) is 5.75. The van der Waals surface area contributed by atoms with Gasteiger partial charge in [0.05, 0.1) is 23.4 Å². The van der Waals surface area contributed by atoms with Gasteiger partial charge < -0.3 is 20.9 Å². The molecule has 0 amide bonds. The minimum absolute atomic E-state index is 0.00274. The topological polar surface area (TPSA) is 95.0 Å². The van der Waals surface area contributed by atoms with Gasteiger partial charge in [0.25, 0.3) is 0 Å². The smallest absolute Gasteiger partial charge is 0.173 e. The number of rotatable bonds is 4. The van der Waals surface area contributed by atoms with Crippen molar-refractivity contribution in [3.05, 3.63) is 36.0 Å². The predicted molar refractivity (Wildman–Crippen MR) is 79.2 cm³/mol. The third kappa shape index (κ3) is 2.37. The van der Waals surface area contributed by atoms with E-state index in [2.05, 4.69) is 10.1 Å². The van der Waals surface area contributed by atoms with Crippen LogP contribution in [0.2, 0.25) is 0 Å². The molecule has 1 unspecified atom stereocenters. The van der Waals surface area contributed by atoms with Gasteiger partial charge in [-0.1, -0.05) is 23.4 Å². The zero-order valence-electron chi connectivity index (χ0n) is 11.5. The van der Waals surface area contributed by atoms with Crippen LogP contribution in [0.5, 0.6) is 0 Å².